The lowest BCUT2D eigenvalue weighted by atomic mass is 9.97. The third-order valence-corrected chi connectivity index (χ3v) is 5.45. The minimum Gasteiger partial charge on any atom is -0.370 e. The first-order valence-corrected chi connectivity index (χ1v) is 10.0. The van der Waals surface area contributed by atoms with Crippen LogP contribution < -0.4 is 5.32 Å². The molecular formula is C22H25ClN4. The fourth-order valence-electron chi connectivity index (χ4n) is 3.74. The minimum absolute atomic E-state index is 0.730. The van der Waals surface area contributed by atoms with E-state index in [1.165, 1.54) is 25.7 Å². The molecule has 0 radical (unpaired) electrons. The lowest BCUT2D eigenvalue weighted by Gasteiger charge is -2.14. The van der Waals surface area contributed by atoms with Crippen LogP contribution in [0.4, 0.5) is 5.82 Å². The molecule has 0 fully saturated rings. The zero-order chi connectivity index (χ0) is 18.8. The molecule has 0 unspecified atom stereocenters. The fraction of sp³-hybridized carbons (Fsp3) is 0.364. The number of allylic oxidation sites excluding steroid dienone is 1. The molecule has 1 aliphatic carbocycles. The number of halogens is 1. The summed E-state index contributed by atoms with van der Waals surface area (Å²) in [6.07, 6.45) is 8.64. The summed E-state index contributed by atoms with van der Waals surface area (Å²) >= 11 is 6.03. The number of hydrogen-bond donors (Lipinski definition) is 1. The summed E-state index contributed by atoms with van der Waals surface area (Å²) in [4.78, 5) is 4.72. The van der Waals surface area contributed by atoms with Crippen LogP contribution in [0.2, 0.25) is 5.02 Å². The first-order valence-electron chi connectivity index (χ1n) is 9.66. The molecule has 5 heteroatoms. The highest BCUT2D eigenvalue weighted by atomic mass is 35.5. The molecule has 1 aromatic carbocycles. The van der Waals surface area contributed by atoms with Crippen LogP contribution in [0.1, 0.15) is 43.4 Å². The van der Waals surface area contributed by atoms with Gasteiger partial charge >= 0.3 is 0 Å². The first kappa shape index (κ1) is 18.1. The Labute approximate surface area is 165 Å². The van der Waals surface area contributed by atoms with Crippen LogP contribution in [0, 0.1) is 13.8 Å². The molecule has 4 nitrogen and oxygen atoms in total. The number of benzene rings is 1. The van der Waals surface area contributed by atoms with Crippen LogP contribution in [0.15, 0.2) is 42.0 Å². The highest BCUT2D eigenvalue weighted by Crippen LogP contribution is 2.28. The van der Waals surface area contributed by atoms with Crippen LogP contribution in [0.5, 0.6) is 0 Å². The number of aryl methyl sites for hydroxylation is 2. The van der Waals surface area contributed by atoms with Gasteiger partial charge in [-0.1, -0.05) is 35.4 Å². The summed E-state index contributed by atoms with van der Waals surface area (Å²) < 4.78 is 1.93. The Hall–Kier alpha value is -2.33. The van der Waals surface area contributed by atoms with Gasteiger partial charge in [0.1, 0.15) is 5.82 Å². The van der Waals surface area contributed by atoms with E-state index in [9.17, 15) is 0 Å². The van der Waals surface area contributed by atoms with E-state index in [2.05, 4.69) is 24.4 Å². The van der Waals surface area contributed by atoms with Gasteiger partial charge in [0.15, 0.2) is 5.65 Å². The topological polar surface area (TPSA) is 42.2 Å². The third-order valence-electron chi connectivity index (χ3n) is 5.20. The van der Waals surface area contributed by atoms with Gasteiger partial charge in [0.2, 0.25) is 0 Å². The van der Waals surface area contributed by atoms with Gasteiger partial charge in [0, 0.05) is 34.5 Å². The van der Waals surface area contributed by atoms with Crippen molar-refractivity contribution in [3.05, 3.63) is 58.3 Å². The molecule has 0 saturated heterocycles. The van der Waals surface area contributed by atoms with E-state index in [0.717, 1.165) is 52.0 Å². The molecule has 140 valence electrons. The summed E-state index contributed by atoms with van der Waals surface area (Å²) in [6, 6.07) is 9.88. The van der Waals surface area contributed by atoms with Crippen molar-refractivity contribution < 1.29 is 0 Å². The minimum atomic E-state index is 0.730. The predicted octanol–water partition coefficient (Wildman–Crippen LogP) is 5.97. The Bertz CT molecular complexity index is 986. The Morgan fingerprint density at radius 1 is 1.15 bits per heavy atom. The molecule has 4 rings (SSSR count). The van der Waals surface area contributed by atoms with Crippen LogP contribution in [0.25, 0.3) is 16.9 Å². The second-order valence-corrected chi connectivity index (χ2v) is 7.72. The Kier molecular flexibility index (Phi) is 5.17. The van der Waals surface area contributed by atoms with Gasteiger partial charge in [-0.05, 0) is 58.1 Å². The van der Waals surface area contributed by atoms with E-state index in [4.69, 9.17) is 21.7 Å². The van der Waals surface area contributed by atoms with Crippen molar-refractivity contribution in [2.75, 3.05) is 11.9 Å². The smallest absolute Gasteiger partial charge is 0.161 e. The van der Waals surface area contributed by atoms with Gasteiger partial charge in [-0.25, -0.2) is 4.98 Å². The largest absolute Gasteiger partial charge is 0.370 e. The number of nitrogens with zero attached hydrogens (tertiary/aromatic N) is 3. The van der Waals surface area contributed by atoms with Crippen molar-refractivity contribution in [1.82, 2.24) is 14.6 Å². The van der Waals surface area contributed by atoms with E-state index in [1.54, 1.807) is 5.57 Å². The quantitative estimate of drug-likeness (QED) is 0.554. The van der Waals surface area contributed by atoms with Crippen molar-refractivity contribution in [2.24, 2.45) is 0 Å². The molecule has 27 heavy (non-hydrogen) atoms. The number of anilines is 1. The van der Waals surface area contributed by atoms with Crippen LogP contribution >= 0.6 is 11.6 Å². The molecule has 0 spiro atoms. The Balaban J connectivity index is 1.63. The second-order valence-electron chi connectivity index (χ2n) is 7.28. The summed E-state index contributed by atoms with van der Waals surface area (Å²) in [6.45, 7) is 5.03. The SMILES string of the molecule is Cc1cc(NCCC2=CCCCC2)n2nc(-c3ccc(Cl)cc3)c(C)c2n1. The predicted molar refractivity (Wildman–Crippen MR) is 113 cm³/mol. The Morgan fingerprint density at radius 3 is 2.70 bits per heavy atom. The molecule has 2 aromatic heterocycles. The molecule has 0 amide bonds. The number of hydrogen-bond acceptors (Lipinski definition) is 3. The van der Waals surface area contributed by atoms with Crippen molar-refractivity contribution in [3.8, 4) is 11.3 Å². The van der Waals surface area contributed by atoms with Crippen LogP contribution in [-0.2, 0) is 0 Å². The number of rotatable bonds is 5. The van der Waals surface area contributed by atoms with Crippen LogP contribution in [0.3, 0.4) is 0 Å². The van der Waals surface area contributed by atoms with Gasteiger partial charge in [-0.15, -0.1) is 0 Å². The van der Waals surface area contributed by atoms with E-state index < -0.39 is 0 Å². The average molecular weight is 381 g/mol. The van der Waals surface area contributed by atoms with E-state index in [1.807, 2.05) is 35.7 Å². The number of nitrogens with one attached hydrogen (secondary N) is 1. The van der Waals surface area contributed by atoms with E-state index >= 15 is 0 Å². The molecule has 0 aliphatic heterocycles. The van der Waals surface area contributed by atoms with Gasteiger partial charge in [0.05, 0.1) is 5.69 Å². The standard InChI is InChI=1S/C22H25ClN4/c1-15-14-20(24-13-12-17-6-4-3-5-7-17)27-22(25-15)16(2)21(26-27)18-8-10-19(23)11-9-18/h6,8-11,14,24H,3-5,7,12-13H2,1-2H3. The van der Waals surface area contributed by atoms with Crippen LogP contribution in [-0.4, -0.2) is 21.1 Å². The molecule has 1 N–H and O–H groups in total. The zero-order valence-electron chi connectivity index (χ0n) is 15.9. The van der Waals surface area contributed by atoms with E-state index in [0.29, 0.717) is 0 Å². The van der Waals surface area contributed by atoms with Crippen molar-refractivity contribution in [1.29, 1.82) is 0 Å². The van der Waals surface area contributed by atoms with Gasteiger partial charge in [-0.3, -0.25) is 0 Å². The molecule has 1 aliphatic rings. The third kappa shape index (κ3) is 3.86. The maximum absolute atomic E-state index is 6.03. The van der Waals surface area contributed by atoms with Crippen molar-refractivity contribution in [3.63, 3.8) is 0 Å². The molecule has 0 bridgehead atoms. The van der Waals surface area contributed by atoms with Gasteiger partial charge in [0.25, 0.3) is 0 Å². The lowest BCUT2D eigenvalue weighted by Crippen LogP contribution is -2.09. The van der Waals surface area contributed by atoms with Gasteiger partial charge in [-0.2, -0.15) is 9.61 Å². The van der Waals surface area contributed by atoms with Crippen molar-refractivity contribution >= 4 is 23.1 Å². The average Bonchev–Trinajstić information content (AvgIpc) is 3.00. The highest BCUT2D eigenvalue weighted by Gasteiger charge is 2.15. The van der Waals surface area contributed by atoms with Gasteiger partial charge < -0.3 is 5.32 Å². The lowest BCUT2D eigenvalue weighted by molar-refractivity contribution is 0.679. The summed E-state index contributed by atoms with van der Waals surface area (Å²) in [7, 11) is 0. The maximum Gasteiger partial charge on any atom is 0.161 e. The summed E-state index contributed by atoms with van der Waals surface area (Å²) in [5, 5.41) is 9.16. The molecular weight excluding hydrogens is 356 g/mol. The maximum atomic E-state index is 6.03. The molecule has 0 saturated carbocycles. The second kappa shape index (κ2) is 7.73. The monoisotopic (exact) mass is 380 g/mol. The molecule has 0 atom stereocenters. The number of aromatic nitrogens is 3. The molecule has 3 aromatic rings. The zero-order valence-corrected chi connectivity index (χ0v) is 16.7. The summed E-state index contributed by atoms with van der Waals surface area (Å²) in [5.74, 6) is 0.997. The fourth-order valence-corrected chi connectivity index (χ4v) is 3.86. The Morgan fingerprint density at radius 2 is 1.96 bits per heavy atom. The normalized spacial score (nSPS) is 14.4. The first-order chi connectivity index (χ1) is 13.1. The highest BCUT2D eigenvalue weighted by molar-refractivity contribution is 6.30. The number of fused-ring (bicyclic) bond motifs is 1. The summed E-state index contributed by atoms with van der Waals surface area (Å²) in [5.41, 5.74) is 6.56. The molecule has 2 heterocycles. The van der Waals surface area contributed by atoms with Crippen molar-refractivity contribution in [2.45, 2.75) is 46.0 Å². The van der Waals surface area contributed by atoms with E-state index in [-0.39, 0.29) is 0 Å².